The summed E-state index contributed by atoms with van der Waals surface area (Å²) in [5.74, 6) is 1.28. The molecule has 0 fully saturated rings. The Morgan fingerprint density at radius 1 is 0.946 bits per heavy atom. The number of ether oxygens (including phenoxy) is 2. The first-order valence-electron chi connectivity index (χ1n) is 12.8. The average Bonchev–Trinajstić information content (AvgIpc) is 3.27. The fourth-order valence-electron chi connectivity index (χ4n) is 4.93. The van der Waals surface area contributed by atoms with Crippen molar-refractivity contribution in [2.45, 2.75) is 45.1 Å². The molecule has 0 aliphatic carbocycles. The molecule has 7 heteroatoms. The smallest absolute Gasteiger partial charge is 0.416 e. The summed E-state index contributed by atoms with van der Waals surface area (Å²) >= 11 is 12.3. The molecule has 5 rings (SSSR count). The zero-order valence-electron chi connectivity index (χ0n) is 20.8. The van der Waals surface area contributed by atoms with Crippen LogP contribution in [0.5, 0.6) is 11.5 Å². The summed E-state index contributed by atoms with van der Waals surface area (Å²) in [7, 11) is 0. The van der Waals surface area contributed by atoms with Crippen molar-refractivity contribution in [3.63, 3.8) is 0 Å². The van der Waals surface area contributed by atoms with Crippen molar-refractivity contribution >= 4 is 40.2 Å². The first-order chi connectivity index (χ1) is 18.0. The number of aromatic amines is 1. The minimum absolute atomic E-state index is 0.340. The third-order valence-electron chi connectivity index (χ3n) is 6.80. The number of aromatic nitrogens is 1. The minimum Gasteiger partial charge on any atom is -0.494 e. The molecule has 0 radical (unpaired) electrons. The SMILES string of the molecule is CCCCCCOc1ccc(C2c3[nH]c4ccc(Cl)cc4c3CCN2C(=O)Oc2ccc(Cl)cc2)cc1. The monoisotopic (exact) mass is 536 g/mol. The van der Waals surface area contributed by atoms with Gasteiger partial charge in [-0.2, -0.15) is 0 Å². The Kier molecular flexibility index (Phi) is 7.92. The molecular formula is C30H30Cl2N2O3. The van der Waals surface area contributed by atoms with Crippen LogP contribution in [-0.4, -0.2) is 29.1 Å². The Bertz CT molecular complexity index is 1370. The summed E-state index contributed by atoms with van der Waals surface area (Å²) in [6.07, 6.45) is 4.93. The third-order valence-corrected chi connectivity index (χ3v) is 7.29. The van der Waals surface area contributed by atoms with Gasteiger partial charge in [0.1, 0.15) is 17.5 Å². The van der Waals surface area contributed by atoms with E-state index in [1.54, 1.807) is 29.2 Å². The topological polar surface area (TPSA) is 54.6 Å². The number of hydrogen-bond donors (Lipinski definition) is 1. The van der Waals surface area contributed by atoms with Gasteiger partial charge < -0.3 is 14.5 Å². The van der Waals surface area contributed by atoms with Crippen LogP contribution in [0, 0.1) is 0 Å². The highest BCUT2D eigenvalue weighted by Crippen LogP contribution is 2.40. The molecule has 0 saturated heterocycles. The standard InChI is InChI=1S/C30H30Cl2N2O3/c1-2-3-4-5-18-36-23-11-6-20(7-12-23)29-28-25(26-19-22(32)10-15-27(26)33-28)16-17-34(29)30(35)37-24-13-8-21(31)9-14-24/h6-15,19,29,33H,2-5,16-18H2,1H3. The number of H-pyrrole nitrogens is 1. The average molecular weight is 537 g/mol. The van der Waals surface area contributed by atoms with Crippen molar-refractivity contribution in [1.29, 1.82) is 0 Å². The van der Waals surface area contributed by atoms with E-state index in [1.807, 2.05) is 42.5 Å². The second kappa shape index (κ2) is 11.5. The van der Waals surface area contributed by atoms with Gasteiger partial charge >= 0.3 is 6.09 Å². The fraction of sp³-hybridized carbons (Fsp3) is 0.300. The lowest BCUT2D eigenvalue weighted by atomic mass is 9.92. The molecule has 1 aromatic heterocycles. The Morgan fingerprint density at radius 3 is 2.43 bits per heavy atom. The molecule has 0 spiro atoms. The zero-order chi connectivity index (χ0) is 25.8. The quantitative estimate of drug-likeness (QED) is 0.229. The number of rotatable bonds is 8. The van der Waals surface area contributed by atoms with Crippen LogP contribution in [0.15, 0.2) is 66.7 Å². The highest BCUT2D eigenvalue weighted by atomic mass is 35.5. The van der Waals surface area contributed by atoms with Gasteiger partial charge in [0.2, 0.25) is 0 Å². The van der Waals surface area contributed by atoms with E-state index in [0.29, 0.717) is 35.4 Å². The number of halogens is 2. The van der Waals surface area contributed by atoms with Crippen LogP contribution in [0.25, 0.3) is 10.9 Å². The van der Waals surface area contributed by atoms with Crippen molar-refractivity contribution in [3.8, 4) is 11.5 Å². The molecule has 1 aliphatic heterocycles. The molecule has 4 aromatic rings. The van der Waals surface area contributed by atoms with E-state index in [-0.39, 0.29) is 6.04 Å². The molecule has 1 unspecified atom stereocenters. The van der Waals surface area contributed by atoms with E-state index >= 15 is 0 Å². The van der Waals surface area contributed by atoms with Crippen molar-refractivity contribution < 1.29 is 14.3 Å². The van der Waals surface area contributed by atoms with Crippen LogP contribution in [0.3, 0.4) is 0 Å². The van der Waals surface area contributed by atoms with E-state index in [1.165, 1.54) is 24.8 Å². The lowest BCUT2D eigenvalue weighted by Gasteiger charge is -2.35. The summed E-state index contributed by atoms with van der Waals surface area (Å²) in [6, 6.07) is 20.3. The molecule has 1 aliphatic rings. The van der Waals surface area contributed by atoms with Crippen LogP contribution in [0.4, 0.5) is 4.79 Å². The molecule has 2 heterocycles. The normalized spacial score (nSPS) is 15.0. The summed E-state index contributed by atoms with van der Waals surface area (Å²) < 4.78 is 11.7. The largest absolute Gasteiger partial charge is 0.494 e. The molecule has 0 saturated carbocycles. The maximum atomic E-state index is 13.4. The maximum absolute atomic E-state index is 13.4. The van der Waals surface area contributed by atoms with E-state index in [4.69, 9.17) is 32.7 Å². The highest BCUT2D eigenvalue weighted by molar-refractivity contribution is 6.31. The van der Waals surface area contributed by atoms with E-state index in [0.717, 1.165) is 34.3 Å². The van der Waals surface area contributed by atoms with E-state index in [2.05, 4.69) is 11.9 Å². The maximum Gasteiger partial charge on any atom is 0.416 e. The predicted octanol–water partition coefficient (Wildman–Crippen LogP) is 8.58. The molecule has 1 N–H and O–H groups in total. The number of fused-ring (bicyclic) bond motifs is 3. The molecule has 0 bridgehead atoms. The first kappa shape index (κ1) is 25.5. The Labute approximate surface area is 227 Å². The van der Waals surface area contributed by atoms with Gasteiger partial charge in [0, 0.05) is 33.2 Å². The van der Waals surface area contributed by atoms with Crippen molar-refractivity contribution in [3.05, 3.63) is 93.6 Å². The molecular weight excluding hydrogens is 507 g/mol. The third kappa shape index (κ3) is 5.73. The van der Waals surface area contributed by atoms with Crippen molar-refractivity contribution in [2.24, 2.45) is 0 Å². The van der Waals surface area contributed by atoms with Crippen molar-refractivity contribution in [2.75, 3.05) is 13.2 Å². The summed E-state index contributed by atoms with van der Waals surface area (Å²) in [5, 5.41) is 2.37. The number of nitrogens with one attached hydrogen (secondary N) is 1. The van der Waals surface area contributed by atoms with Gasteiger partial charge in [-0.25, -0.2) is 4.79 Å². The lowest BCUT2D eigenvalue weighted by molar-refractivity contribution is 0.135. The second-order valence-corrected chi connectivity index (χ2v) is 10.2. The molecule has 1 amide bonds. The van der Waals surface area contributed by atoms with Crippen molar-refractivity contribution in [1.82, 2.24) is 9.88 Å². The number of nitrogens with zero attached hydrogens (tertiary/aromatic N) is 1. The van der Waals surface area contributed by atoms with Crippen LogP contribution in [0.1, 0.15) is 55.5 Å². The van der Waals surface area contributed by atoms with Gasteiger partial charge in [-0.3, -0.25) is 4.90 Å². The first-order valence-corrected chi connectivity index (χ1v) is 13.6. The Hall–Kier alpha value is -3.15. The van der Waals surface area contributed by atoms with Crippen LogP contribution >= 0.6 is 23.2 Å². The molecule has 5 nitrogen and oxygen atoms in total. The number of benzene rings is 3. The summed E-state index contributed by atoms with van der Waals surface area (Å²) in [4.78, 5) is 18.8. The minimum atomic E-state index is -0.411. The molecule has 3 aromatic carbocycles. The Morgan fingerprint density at radius 2 is 1.68 bits per heavy atom. The van der Waals surface area contributed by atoms with E-state index in [9.17, 15) is 4.79 Å². The molecule has 37 heavy (non-hydrogen) atoms. The zero-order valence-corrected chi connectivity index (χ0v) is 22.3. The van der Waals surface area contributed by atoms with Crippen LogP contribution in [0.2, 0.25) is 10.0 Å². The number of carbonyl (C=O) groups is 1. The number of carbonyl (C=O) groups excluding carboxylic acids is 1. The number of unbranched alkanes of at least 4 members (excludes halogenated alkanes) is 3. The molecule has 192 valence electrons. The summed E-state index contributed by atoms with van der Waals surface area (Å²) in [5.41, 5.74) is 4.13. The number of amides is 1. The second-order valence-electron chi connectivity index (χ2n) is 9.35. The van der Waals surface area contributed by atoms with Gasteiger partial charge in [0.15, 0.2) is 0 Å². The van der Waals surface area contributed by atoms with Gasteiger partial charge in [-0.15, -0.1) is 0 Å². The van der Waals surface area contributed by atoms with Crippen LogP contribution in [-0.2, 0) is 6.42 Å². The highest BCUT2D eigenvalue weighted by Gasteiger charge is 2.35. The van der Waals surface area contributed by atoms with Gasteiger partial charge in [-0.05, 0) is 78.6 Å². The number of hydrogen-bond acceptors (Lipinski definition) is 3. The van der Waals surface area contributed by atoms with Crippen LogP contribution < -0.4 is 9.47 Å². The van der Waals surface area contributed by atoms with Gasteiger partial charge in [0.25, 0.3) is 0 Å². The van der Waals surface area contributed by atoms with Gasteiger partial charge in [-0.1, -0.05) is 61.5 Å². The Balaban J connectivity index is 1.44. The fourth-order valence-corrected chi connectivity index (χ4v) is 5.23. The van der Waals surface area contributed by atoms with Gasteiger partial charge in [0.05, 0.1) is 6.61 Å². The van der Waals surface area contributed by atoms with E-state index < -0.39 is 6.09 Å². The summed E-state index contributed by atoms with van der Waals surface area (Å²) in [6.45, 7) is 3.42. The lowest BCUT2D eigenvalue weighted by Crippen LogP contribution is -2.42. The predicted molar refractivity (Wildman–Crippen MR) is 149 cm³/mol. The molecule has 1 atom stereocenters.